The van der Waals surface area contributed by atoms with Crippen molar-refractivity contribution >= 4 is 11.6 Å². The van der Waals surface area contributed by atoms with Crippen LogP contribution in [0, 0.1) is 0 Å². The fourth-order valence-electron chi connectivity index (χ4n) is 2.48. The van der Waals surface area contributed by atoms with E-state index < -0.39 is 0 Å². The fraction of sp³-hybridized carbons (Fsp3) is 0.368. The van der Waals surface area contributed by atoms with Crippen molar-refractivity contribution in [2.75, 3.05) is 5.32 Å². The Balaban J connectivity index is 2.06. The highest BCUT2D eigenvalue weighted by Gasteiger charge is 2.13. The first-order chi connectivity index (χ1) is 11.1. The third-order valence-corrected chi connectivity index (χ3v) is 3.98. The van der Waals surface area contributed by atoms with Crippen LogP contribution in [0.15, 0.2) is 48.8 Å². The number of aromatic nitrogens is 1. The van der Waals surface area contributed by atoms with Gasteiger partial charge in [0.2, 0.25) is 5.91 Å². The molecule has 0 aliphatic carbocycles. The molecule has 0 aliphatic rings. The number of carbonyl (C=O) groups excluding carboxylic acids is 1. The van der Waals surface area contributed by atoms with Gasteiger partial charge in [0.05, 0.1) is 0 Å². The summed E-state index contributed by atoms with van der Waals surface area (Å²) in [5.41, 5.74) is 3.30. The summed E-state index contributed by atoms with van der Waals surface area (Å²) in [4.78, 5) is 17.7. The van der Waals surface area contributed by atoms with Crippen LogP contribution < -0.4 is 5.32 Å². The maximum atomic E-state index is 11.1. The van der Waals surface area contributed by atoms with Gasteiger partial charge in [0.25, 0.3) is 0 Å². The third kappa shape index (κ3) is 5.49. The molecule has 23 heavy (non-hydrogen) atoms. The van der Waals surface area contributed by atoms with Crippen molar-refractivity contribution in [3.63, 3.8) is 0 Å². The zero-order valence-electron chi connectivity index (χ0n) is 14.1. The Morgan fingerprint density at radius 3 is 2.43 bits per heavy atom. The molecular weight excluding hydrogens is 286 g/mol. The van der Waals surface area contributed by atoms with E-state index in [-0.39, 0.29) is 5.91 Å². The molecule has 2 aromatic rings. The monoisotopic (exact) mass is 311 g/mol. The maximum Gasteiger partial charge on any atom is 0.221 e. The molecule has 0 aliphatic heterocycles. The number of nitrogens with zero attached hydrogens (tertiary/aromatic N) is 2. The summed E-state index contributed by atoms with van der Waals surface area (Å²) in [6.45, 7) is 7.75. The Kier molecular flexibility index (Phi) is 6.29. The van der Waals surface area contributed by atoms with E-state index in [1.807, 2.05) is 24.4 Å². The lowest BCUT2D eigenvalue weighted by molar-refractivity contribution is -0.114. The van der Waals surface area contributed by atoms with Crippen LogP contribution in [-0.4, -0.2) is 21.8 Å². The summed E-state index contributed by atoms with van der Waals surface area (Å²) in [7, 11) is 0. The molecule has 0 fully saturated rings. The minimum atomic E-state index is -0.0458. The first-order valence-electron chi connectivity index (χ1n) is 8.08. The number of nitrogens with one attached hydrogen (secondary N) is 1. The van der Waals surface area contributed by atoms with Crippen molar-refractivity contribution in [1.82, 2.24) is 9.88 Å². The molecule has 1 N–H and O–H groups in total. The van der Waals surface area contributed by atoms with E-state index in [4.69, 9.17) is 0 Å². The number of carbonyl (C=O) groups is 1. The van der Waals surface area contributed by atoms with E-state index in [0.717, 1.165) is 25.2 Å². The van der Waals surface area contributed by atoms with Crippen LogP contribution in [-0.2, 0) is 17.9 Å². The highest BCUT2D eigenvalue weighted by atomic mass is 16.1. The predicted octanol–water partition coefficient (Wildman–Crippen LogP) is 3.84. The minimum Gasteiger partial charge on any atom is -0.326 e. The first kappa shape index (κ1) is 17.2. The Morgan fingerprint density at radius 2 is 1.87 bits per heavy atom. The van der Waals surface area contributed by atoms with E-state index in [9.17, 15) is 4.79 Å². The van der Waals surface area contributed by atoms with Crippen molar-refractivity contribution in [3.05, 3.63) is 59.9 Å². The van der Waals surface area contributed by atoms with Gasteiger partial charge in [-0.25, -0.2) is 0 Å². The molecule has 0 bridgehead atoms. The summed E-state index contributed by atoms with van der Waals surface area (Å²) in [6.07, 6.45) is 4.83. The number of benzene rings is 1. The van der Waals surface area contributed by atoms with Gasteiger partial charge in [-0.1, -0.05) is 25.1 Å². The van der Waals surface area contributed by atoms with Crippen molar-refractivity contribution in [2.45, 2.75) is 46.3 Å². The summed E-state index contributed by atoms with van der Waals surface area (Å²) in [5, 5.41) is 2.80. The Labute approximate surface area is 138 Å². The van der Waals surface area contributed by atoms with E-state index >= 15 is 0 Å². The number of rotatable bonds is 7. The predicted molar refractivity (Wildman–Crippen MR) is 94.0 cm³/mol. The van der Waals surface area contributed by atoms with Gasteiger partial charge < -0.3 is 5.32 Å². The van der Waals surface area contributed by atoms with Crippen LogP contribution in [0.3, 0.4) is 0 Å². The van der Waals surface area contributed by atoms with Gasteiger partial charge in [0.15, 0.2) is 0 Å². The average molecular weight is 311 g/mol. The second-order valence-electron chi connectivity index (χ2n) is 5.90. The quantitative estimate of drug-likeness (QED) is 0.845. The maximum absolute atomic E-state index is 11.1. The number of pyridine rings is 1. The first-order valence-corrected chi connectivity index (χ1v) is 8.08. The second kappa shape index (κ2) is 8.44. The van der Waals surface area contributed by atoms with E-state index in [0.29, 0.717) is 6.04 Å². The molecule has 1 atom stereocenters. The van der Waals surface area contributed by atoms with E-state index in [1.165, 1.54) is 18.1 Å². The zero-order chi connectivity index (χ0) is 16.7. The van der Waals surface area contributed by atoms with E-state index in [2.05, 4.69) is 47.2 Å². The fourth-order valence-corrected chi connectivity index (χ4v) is 2.48. The molecule has 0 saturated carbocycles. The molecule has 4 heteroatoms. The molecular formula is C19H25N3O. The SMILES string of the molecule is CC[C@@H](C)N(Cc1ccc(NC(C)=O)cc1)Cc1cccnc1. The average Bonchev–Trinajstić information content (AvgIpc) is 2.55. The summed E-state index contributed by atoms with van der Waals surface area (Å²) >= 11 is 0. The van der Waals surface area contributed by atoms with Crippen LogP contribution >= 0.6 is 0 Å². The molecule has 0 radical (unpaired) electrons. The van der Waals surface area contributed by atoms with Crippen molar-refractivity contribution in [1.29, 1.82) is 0 Å². The topological polar surface area (TPSA) is 45.2 Å². The molecule has 122 valence electrons. The minimum absolute atomic E-state index is 0.0458. The third-order valence-electron chi connectivity index (χ3n) is 3.98. The highest BCUT2D eigenvalue weighted by Crippen LogP contribution is 2.16. The molecule has 0 unspecified atom stereocenters. The number of hydrogen-bond acceptors (Lipinski definition) is 3. The Morgan fingerprint density at radius 1 is 1.17 bits per heavy atom. The van der Waals surface area contributed by atoms with Gasteiger partial charge in [0.1, 0.15) is 0 Å². The standard InChI is InChI=1S/C19H25N3O/c1-4-15(2)22(14-18-6-5-11-20-12-18)13-17-7-9-19(10-8-17)21-16(3)23/h5-12,15H,4,13-14H2,1-3H3,(H,21,23)/t15-/m1/s1. The lowest BCUT2D eigenvalue weighted by Gasteiger charge is -2.28. The van der Waals surface area contributed by atoms with Crippen LogP contribution in [0.5, 0.6) is 0 Å². The summed E-state index contributed by atoms with van der Waals surface area (Å²) in [5.74, 6) is -0.0458. The lowest BCUT2D eigenvalue weighted by Crippen LogP contribution is -2.31. The zero-order valence-corrected chi connectivity index (χ0v) is 14.1. The second-order valence-corrected chi connectivity index (χ2v) is 5.90. The molecule has 1 aromatic heterocycles. The molecule has 4 nitrogen and oxygen atoms in total. The largest absolute Gasteiger partial charge is 0.326 e. The molecule has 1 heterocycles. The van der Waals surface area contributed by atoms with Crippen molar-refractivity contribution in [3.8, 4) is 0 Å². The van der Waals surface area contributed by atoms with Gasteiger partial charge in [-0.2, -0.15) is 0 Å². The van der Waals surface area contributed by atoms with Gasteiger partial charge >= 0.3 is 0 Å². The highest BCUT2D eigenvalue weighted by molar-refractivity contribution is 5.88. The summed E-state index contributed by atoms with van der Waals surface area (Å²) < 4.78 is 0. The van der Waals surface area contributed by atoms with Gasteiger partial charge in [-0.05, 0) is 42.7 Å². The van der Waals surface area contributed by atoms with Crippen LogP contribution in [0.2, 0.25) is 0 Å². The summed E-state index contributed by atoms with van der Waals surface area (Å²) in [6, 6.07) is 12.6. The number of anilines is 1. The Hall–Kier alpha value is -2.20. The van der Waals surface area contributed by atoms with Crippen molar-refractivity contribution < 1.29 is 4.79 Å². The van der Waals surface area contributed by atoms with Crippen LogP contribution in [0.1, 0.15) is 38.3 Å². The number of amides is 1. The number of hydrogen-bond donors (Lipinski definition) is 1. The van der Waals surface area contributed by atoms with Gasteiger partial charge in [0, 0.05) is 44.1 Å². The molecule has 1 aromatic carbocycles. The van der Waals surface area contributed by atoms with Crippen molar-refractivity contribution in [2.24, 2.45) is 0 Å². The Bertz CT molecular complexity index is 610. The lowest BCUT2D eigenvalue weighted by atomic mass is 10.1. The normalized spacial score (nSPS) is 12.2. The molecule has 0 saturated heterocycles. The van der Waals surface area contributed by atoms with Gasteiger partial charge in [-0.3, -0.25) is 14.7 Å². The van der Waals surface area contributed by atoms with Crippen LogP contribution in [0.4, 0.5) is 5.69 Å². The van der Waals surface area contributed by atoms with Crippen LogP contribution in [0.25, 0.3) is 0 Å². The molecule has 0 spiro atoms. The van der Waals surface area contributed by atoms with Gasteiger partial charge in [-0.15, -0.1) is 0 Å². The molecule has 2 rings (SSSR count). The molecule has 1 amide bonds. The smallest absolute Gasteiger partial charge is 0.221 e. The van der Waals surface area contributed by atoms with E-state index in [1.54, 1.807) is 6.20 Å².